The van der Waals surface area contributed by atoms with Gasteiger partial charge in [0.1, 0.15) is 0 Å². The van der Waals surface area contributed by atoms with Crippen LogP contribution in [-0.2, 0) is 4.79 Å². The van der Waals surface area contributed by atoms with Crippen molar-refractivity contribution in [3.8, 4) is 0 Å². The number of hydrogen-bond acceptors (Lipinski definition) is 5. The lowest BCUT2D eigenvalue weighted by atomic mass is 9.43. The minimum atomic E-state index is -0.841. The van der Waals surface area contributed by atoms with E-state index in [0.29, 0.717) is 37.8 Å². The second-order valence-electron chi connectivity index (χ2n) is 14.1. The summed E-state index contributed by atoms with van der Waals surface area (Å²) >= 11 is 0. The highest BCUT2D eigenvalue weighted by molar-refractivity contribution is 5.78. The normalized spacial score (nSPS) is 40.8. The number of nitrogens with zero attached hydrogens (tertiary/aromatic N) is 2. The van der Waals surface area contributed by atoms with Crippen molar-refractivity contribution in [1.29, 1.82) is 0 Å². The van der Waals surface area contributed by atoms with Crippen LogP contribution in [0.5, 0.6) is 0 Å². The summed E-state index contributed by atoms with van der Waals surface area (Å²) in [7, 11) is 0. The summed E-state index contributed by atoms with van der Waals surface area (Å²) in [6.45, 7) is 6.62. The van der Waals surface area contributed by atoms with Crippen LogP contribution in [0, 0.1) is 28.6 Å². The van der Waals surface area contributed by atoms with Crippen LogP contribution >= 0.6 is 0 Å². The molecule has 2 N–H and O–H groups in total. The van der Waals surface area contributed by atoms with E-state index >= 15 is 0 Å². The number of hydrogen-bond donors (Lipinski definition) is 2. The molecular weight excluding hydrogens is 508 g/mol. The first-order valence-electron chi connectivity index (χ1n) is 15.7. The Bertz CT molecular complexity index is 1180. The highest BCUT2D eigenvalue weighted by Crippen LogP contribution is 2.70. The summed E-state index contributed by atoms with van der Waals surface area (Å²) in [5, 5.41) is 22.6. The maximum absolute atomic E-state index is 12.5. The fourth-order valence-electron chi connectivity index (χ4n) is 10.4. The van der Waals surface area contributed by atoms with Crippen molar-refractivity contribution in [1.82, 2.24) is 9.80 Å². The Kier molecular flexibility index (Phi) is 7.07. The van der Waals surface area contributed by atoms with Crippen molar-refractivity contribution in [2.24, 2.45) is 28.6 Å². The SMILES string of the molecule is C[C@]12CC[C@H](N(CCCN3CCCC3=O)C(=O)O)C[C@H]1CC[C@@H]1[C@@H]2CC[C@]2(C)[C@@H](c3ccc(=O)oc3)CC[C@]12O. The number of fused-ring (bicyclic) bond motifs is 5. The molecule has 8 atom stereocenters. The lowest BCUT2D eigenvalue weighted by Crippen LogP contribution is -2.62. The van der Waals surface area contributed by atoms with Crippen LogP contribution in [-0.4, -0.2) is 63.3 Å². The Labute approximate surface area is 237 Å². The van der Waals surface area contributed by atoms with Crippen LogP contribution in [0.2, 0.25) is 0 Å². The van der Waals surface area contributed by atoms with Crippen LogP contribution in [0.1, 0.15) is 102 Å². The number of aliphatic hydroxyl groups is 1. The third kappa shape index (κ3) is 4.31. The van der Waals surface area contributed by atoms with Crippen LogP contribution in [0.25, 0.3) is 0 Å². The molecule has 1 aromatic heterocycles. The van der Waals surface area contributed by atoms with Gasteiger partial charge in [0.05, 0.1) is 11.9 Å². The molecule has 1 aliphatic heterocycles. The number of carboxylic acid groups (broad SMARTS) is 1. The molecule has 0 spiro atoms. The van der Waals surface area contributed by atoms with Gasteiger partial charge >= 0.3 is 11.7 Å². The van der Waals surface area contributed by atoms with Crippen molar-refractivity contribution in [2.75, 3.05) is 19.6 Å². The van der Waals surface area contributed by atoms with Crippen LogP contribution in [0.4, 0.5) is 4.79 Å². The van der Waals surface area contributed by atoms with Crippen LogP contribution < -0.4 is 5.63 Å². The number of amides is 2. The maximum atomic E-state index is 12.5. The monoisotopic (exact) mass is 554 g/mol. The van der Waals surface area contributed by atoms with E-state index in [1.165, 1.54) is 6.07 Å². The topological polar surface area (TPSA) is 111 Å². The Balaban J connectivity index is 1.15. The minimum Gasteiger partial charge on any atom is -0.465 e. The maximum Gasteiger partial charge on any atom is 0.407 e. The molecule has 8 heteroatoms. The fourth-order valence-corrected chi connectivity index (χ4v) is 10.4. The number of carbonyl (C=O) groups excluding carboxylic acids is 1. The number of rotatable bonds is 6. The highest BCUT2D eigenvalue weighted by atomic mass is 16.4. The zero-order valence-corrected chi connectivity index (χ0v) is 24.1. The van der Waals surface area contributed by atoms with Crippen molar-refractivity contribution in [3.63, 3.8) is 0 Å². The standard InChI is InChI=1S/C32H46N2O6/c1-30-13-10-23(34(29(37)38)18-4-17-33-16-3-5-27(33)35)19-22(30)7-8-26-25(30)11-14-31(2)24(12-15-32(26,31)39)21-6-9-28(36)40-20-21/h6,9,20,22-26,39H,3-5,7-8,10-19H2,1-2H3,(H,37,38)/t22-,23+,24-,25+,26-,30+,31-,32+/m1/s1. The molecule has 220 valence electrons. The molecule has 0 bridgehead atoms. The van der Waals surface area contributed by atoms with E-state index in [4.69, 9.17) is 4.42 Å². The Morgan fingerprint density at radius 2 is 1.90 bits per heavy atom. The predicted molar refractivity (Wildman–Crippen MR) is 150 cm³/mol. The average molecular weight is 555 g/mol. The first-order valence-corrected chi connectivity index (χ1v) is 15.7. The van der Waals surface area contributed by atoms with Gasteiger partial charge in [-0.05, 0) is 111 Å². The molecule has 2 amide bonds. The molecule has 5 fully saturated rings. The molecule has 2 heterocycles. The first kappa shape index (κ1) is 27.8. The van der Waals surface area contributed by atoms with Gasteiger partial charge < -0.3 is 24.4 Å². The molecule has 0 unspecified atom stereocenters. The third-order valence-electron chi connectivity index (χ3n) is 12.6. The molecule has 0 aromatic carbocycles. The lowest BCUT2D eigenvalue weighted by molar-refractivity contribution is -0.203. The summed E-state index contributed by atoms with van der Waals surface area (Å²) in [5.41, 5.74) is -0.177. The summed E-state index contributed by atoms with van der Waals surface area (Å²) in [4.78, 5) is 39.4. The second kappa shape index (κ2) is 10.2. The second-order valence-corrected chi connectivity index (χ2v) is 14.1. The number of carbonyl (C=O) groups is 2. The predicted octanol–water partition coefficient (Wildman–Crippen LogP) is 5.24. The quantitative estimate of drug-likeness (QED) is 0.497. The zero-order valence-electron chi connectivity index (χ0n) is 24.1. The summed E-state index contributed by atoms with van der Waals surface area (Å²) in [6.07, 6.45) is 11.5. The van der Waals surface area contributed by atoms with Gasteiger partial charge in [-0.15, -0.1) is 0 Å². The first-order chi connectivity index (χ1) is 19.1. The van der Waals surface area contributed by atoms with Gasteiger partial charge in [-0.3, -0.25) is 4.79 Å². The Hall–Kier alpha value is -2.35. The molecule has 1 aromatic rings. The lowest BCUT2D eigenvalue weighted by Gasteiger charge is -2.64. The molecule has 0 radical (unpaired) electrons. The van der Waals surface area contributed by atoms with E-state index < -0.39 is 11.7 Å². The van der Waals surface area contributed by atoms with E-state index in [0.717, 1.165) is 76.3 Å². The molecule has 4 saturated carbocycles. The van der Waals surface area contributed by atoms with E-state index in [9.17, 15) is 24.6 Å². The van der Waals surface area contributed by atoms with Gasteiger partial charge in [0.2, 0.25) is 5.91 Å². The van der Waals surface area contributed by atoms with Crippen molar-refractivity contribution in [2.45, 2.75) is 108 Å². The van der Waals surface area contributed by atoms with Crippen molar-refractivity contribution in [3.05, 3.63) is 34.4 Å². The van der Waals surface area contributed by atoms with Gasteiger partial charge in [-0.25, -0.2) is 9.59 Å². The number of likely N-dealkylation sites (tertiary alicyclic amines) is 1. The van der Waals surface area contributed by atoms with Gasteiger partial charge in [0.15, 0.2) is 0 Å². The molecule has 5 aliphatic rings. The van der Waals surface area contributed by atoms with E-state index in [-0.39, 0.29) is 40.2 Å². The van der Waals surface area contributed by atoms with Crippen LogP contribution in [0.15, 0.2) is 27.6 Å². The minimum absolute atomic E-state index is 0.0296. The van der Waals surface area contributed by atoms with Crippen molar-refractivity contribution >= 4 is 12.0 Å². The summed E-state index contributed by atoms with van der Waals surface area (Å²) in [5.74, 6) is 1.53. The van der Waals surface area contributed by atoms with Gasteiger partial charge in [0, 0.05) is 43.6 Å². The van der Waals surface area contributed by atoms with E-state index in [1.807, 2.05) is 11.0 Å². The van der Waals surface area contributed by atoms with Gasteiger partial charge in [-0.2, -0.15) is 0 Å². The molecule has 40 heavy (non-hydrogen) atoms. The molecule has 8 nitrogen and oxygen atoms in total. The van der Waals surface area contributed by atoms with Gasteiger partial charge in [0.25, 0.3) is 0 Å². The fraction of sp³-hybridized carbons (Fsp3) is 0.781. The smallest absolute Gasteiger partial charge is 0.407 e. The van der Waals surface area contributed by atoms with Gasteiger partial charge in [-0.1, -0.05) is 13.8 Å². The van der Waals surface area contributed by atoms with E-state index in [2.05, 4.69) is 13.8 Å². The zero-order chi connectivity index (χ0) is 28.3. The van der Waals surface area contributed by atoms with Crippen molar-refractivity contribution < 1.29 is 24.2 Å². The third-order valence-corrected chi connectivity index (χ3v) is 12.6. The summed E-state index contributed by atoms with van der Waals surface area (Å²) in [6, 6.07) is 3.41. The molecule has 4 aliphatic carbocycles. The Morgan fingerprint density at radius 3 is 2.60 bits per heavy atom. The largest absolute Gasteiger partial charge is 0.465 e. The molecule has 1 saturated heterocycles. The highest BCUT2D eigenvalue weighted by Gasteiger charge is 2.67. The molecular formula is C32H46N2O6. The molecule has 6 rings (SSSR count). The summed E-state index contributed by atoms with van der Waals surface area (Å²) < 4.78 is 5.22. The average Bonchev–Trinajstić information content (AvgIpc) is 3.46. The Morgan fingerprint density at radius 1 is 1.07 bits per heavy atom. The van der Waals surface area contributed by atoms with E-state index in [1.54, 1.807) is 11.2 Å². The van der Waals surface area contributed by atoms with Crippen LogP contribution in [0.3, 0.4) is 0 Å².